The Morgan fingerprint density at radius 2 is 1.77 bits per heavy atom. The van der Waals surface area contributed by atoms with Crippen LogP contribution >= 0.6 is 0 Å². The minimum Gasteiger partial charge on any atom is -0.381 e. The predicted molar refractivity (Wildman–Crippen MR) is 109 cm³/mol. The molecular formula is C21H40N4O. The number of guanidine groups is 1. The van der Waals surface area contributed by atoms with Crippen molar-refractivity contribution < 1.29 is 4.74 Å². The minimum atomic E-state index is 0.259. The molecule has 0 amide bonds. The molecule has 0 bridgehead atoms. The van der Waals surface area contributed by atoms with Crippen molar-refractivity contribution >= 4 is 5.96 Å². The Kier molecular flexibility index (Phi) is 8.06. The summed E-state index contributed by atoms with van der Waals surface area (Å²) in [5, 5.41) is 7.16. The number of unbranched alkanes of at least 4 members (excludes halogenated alkanes) is 1. The fourth-order valence-corrected chi connectivity index (χ4v) is 5.08. The maximum Gasteiger partial charge on any atom is 0.191 e. The number of likely N-dealkylation sites (tertiary alicyclic amines) is 1. The van der Waals surface area contributed by atoms with Crippen molar-refractivity contribution in [2.24, 2.45) is 10.9 Å². The van der Waals surface area contributed by atoms with E-state index in [1.165, 1.54) is 70.9 Å². The first-order chi connectivity index (χ1) is 12.8. The molecule has 150 valence electrons. The molecule has 26 heavy (non-hydrogen) atoms. The second kappa shape index (κ2) is 10.5. The number of hydrogen-bond donors (Lipinski definition) is 2. The van der Waals surface area contributed by atoms with E-state index < -0.39 is 0 Å². The number of aliphatic imine (C=N–C) groups is 1. The van der Waals surface area contributed by atoms with E-state index in [1.807, 2.05) is 7.05 Å². The van der Waals surface area contributed by atoms with E-state index in [-0.39, 0.29) is 5.54 Å². The van der Waals surface area contributed by atoms with Crippen LogP contribution in [0.2, 0.25) is 0 Å². The molecule has 0 atom stereocenters. The van der Waals surface area contributed by atoms with Crippen LogP contribution in [0, 0.1) is 5.92 Å². The highest BCUT2D eigenvalue weighted by atomic mass is 16.5. The maximum absolute atomic E-state index is 5.65. The van der Waals surface area contributed by atoms with Gasteiger partial charge in [0.2, 0.25) is 0 Å². The van der Waals surface area contributed by atoms with Gasteiger partial charge in [0.05, 0.1) is 0 Å². The number of hydrogen-bond acceptors (Lipinski definition) is 3. The quantitative estimate of drug-likeness (QED) is 0.395. The van der Waals surface area contributed by atoms with Crippen molar-refractivity contribution in [1.82, 2.24) is 15.5 Å². The Labute approximate surface area is 160 Å². The Morgan fingerprint density at radius 3 is 2.46 bits per heavy atom. The molecule has 0 aromatic carbocycles. The average molecular weight is 365 g/mol. The van der Waals surface area contributed by atoms with Crippen LogP contribution in [0.3, 0.4) is 0 Å². The van der Waals surface area contributed by atoms with Crippen LogP contribution in [0.1, 0.15) is 70.6 Å². The lowest BCUT2D eigenvalue weighted by atomic mass is 9.88. The number of nitrogens with zero attached hydrogens (tertiary/aromatic N) is 2. The van der Waals surface area contributed by atoms with Crippen LogP contribution in [-0.4, -0.2) is 62.8 Å². The van der Waals surface area contributed by atoms with Gasteiger partial charge in [0.25, 0.3) is 0 Å². The molecule has 1 aliphatic carbocycles. The van der Waals surface area contributed by atoms with Gasteiger partial charge in [0.15, 0.2) is 5.96 Å². The fraction of sp³-hybridized carbons (Fsp3) is 0.952. The van der Waals surface area contributed by atoms with E-state index in [2.05, 4.69) is 20.5 Å². The van der Waals surface area contributed by atoms with Gasteiger partial charge in [-0.1, -0.05) is 38.5 Å². The number of rotatable bonds is 8. The zero-order valence-corrected chi connectivity index (χ0v) is 16.9. The summed E-state index contributed by atoms with van der Waals surface area (Å²) in [5.41, 5.74) is 0.259. The zero-order chi connectivity index (χ0) is 18.1. The third-order valence-electron chi connectivity index (χ3n) is 6.82. The molecule has 0 radical (unpaired) electrons. The Morgan fingerprint density at radius 1 is 1.04 bits per heavy atom. The molecule has 0 unspecified atom stereocenters. The van der Waals surface area contributed by atoms with E-state index >= 15 is 0 Å². The lowest BCUT2D eigenvalue weighted by Gasteiger charge is -2.45. The lowest BCUT2D eigenvalue weighted by molar-refractivity contribution is -0.0164. The monoisotopic (exact) mass is 364 g/mol. The summed E-state index contributed by atoms with van der Waals surface area (Å²) in [7, 11) is 1.89. The molecule has 2 heterocycles. The number of nitrogens with one attached hydrogen (secondary N) is 2. The first kappa shape index (κ1) is 19.9. The molecule has 3 fully saturated rings. The summed E-state index contributed by atoms with van der Waals surface area (Å²) in [6.07, 6.45) is 14.9. The molecule has 1 saturated carbocycles. The van der Waals surface area contributed by atoms with Crippen molar-refractivity contribution in [1.29, 1.82) is 0 Å². The van der Waals surface area contributed by atoms with Crippen molar-refractivity contribution in [2.45, 2.75) is 76.2 Å². The maximum atomic E-state index is 5.65. The van der Waals surface area contributed by atoms with Gasteiger partial charge in [-0.3, -0.25) is 9.89 Å². The Bertz CT molecular complexity index is 422. The first-order valence-corrected chi connectivity index (χ1v) is 11.1. The molecule has 2 N–H and O–H groups in total. The van der Waals surface area contributed by atoms with Gasteiger partial charge in [-0.2, -0.15) is 0 Å². The minimum absolute atomic E-state index is 0.259. The second-order valence-corrected chi connectivity index (χ2v) is 8.53. The summed E-state index contributed by atoms with van der Waals surface area (Å²) >= 11 is 0. The predicted octanol–water partition coefficient (Wildman–Crippen LogP) is 3.16. The van der Waals surface area contributed by atoms with E-state index in [1.54, 1.807) is 0 Å². The SMILES string of the molecule is CN=C(NCCCCC1CCCC1)NCC1(N2CCCC2)CCOCC1. The van der Waals surface area contributed by atoms with E-state index in [0.29, 0.717) is 0 Å². The van der Waals surface area contributed by atoms with Crippen LogP contribution in [0.25, 0.3) is 0 Å². The molecule has 5 heteroatoms. The van der Waals surface area contributed by atoms with Crippen molar-refractivity contribution in [3.05, 3.63) is 0 Å². The van der Waals surface area contributed by atoms with Crippen LogP contribution in [0.5, 0.6) is 0 Å². The molecule has 2 aliphatic heterocycles. The van der Waals surface area contributed by atoms with Crippen LogP contribution in [0.4, 0.5) is 0 Å². The Balaban J connectivity index is 1.37. The van der Waals surface area contributed by atoms with Gasteiger partial charge in [0, 0.05) is 38.9 Å². The highest BCUT2D eigenvalue weighted by Gasteiger charge is 2.39. The molecule has 3 aliphatic rings. The smallest absolute Gasteiger partial charge is 0.191 e. The van der Waals surface area contributed by atoms with Crippen LogP contribution in [0.15, 0.2) is 4.99 Å². The van der Waals surface area contributed by atoms with Gasteiger partial charge in [0.1, 0.15) is 0 Å². The number of ether oxygens (including phenoxy) is 1. The second-order valence-electron chi connectivity index (χ2n) is 8.53. The van der Waals surface area contributed by atoms with Crippen LogP contribution < -0.4 is 10.6 Å². The van der Waals surface area contributed by atoms with Gasteiger partial charge >= 0.3 is 0 Å². The molecule has 3 rings (SSSR count). The van der Waals surface area contributed by atoms with E-state index in [4.69, 9.17) is 4.74 Å². The molecular weight excluding hydrogens is 324 g/mol. The van der Waals surface area contributed by atoms with Gasteiger partial charge in [-0.25, -0.2) is 0 Å². The standard InChI is InChI=1S/C21H40N4O/c1-22-20(23-13-5-4-10-19-8-2-3-9-19)24-18-21(11-16-26-17-12-21)25-14-6-7-15-25/h19H,2-18H2,1H3,(H2,22,23,24). The summed E-state index contributed by atoms with van der Waals surface area (Å²) < 4.78 is 5.65. The van der Waals surface area contributed by atoms with Crippen molar-refractivity contribution in [2.75, 3.05) is 46.4 Å². The average Bonchev–Trinajstić information content (AvgIpc) is 3.39. The molecule has 0 aromatic heterocycles. The fourth-order valence-electron chi connectivity index (χ4n) is 5.08. The summed E-state index contributed by atoms with van der Waals surface area (Å²) in [5.74, 6) is 1.98. The highest BCUT2D eigenvalue weighted by molar-refractivity contribution is 5.79. The molecule has 5 nitrogen and oxygen atoms in total. The summed E-state index contributed by atoms with van der Waals surface area (Å²) in [6.45, 7) is 6.30. The third kappa shape index (κ3) is 5.59. The Hall–Kier alpha value is -0.810. The van der Waals surface area contributed by atoms with Crippen molar-refractivity contribution in [3.63, 3.8) is 0 Å². The summed E-state index contributed by atoms with van der Waals surface area (Å²) in [6, 6.07) is 0. The van der Waals surface area contributed by atoms with E-state index in [0.717, 1.165) is 51.0 Å². The highest BCUT2D eigenvalue weighted by Crippen LogP contribution is 2.31. The third-order valence-corrected chi connectivity index (χ3v) is 6.82. The van der Waals surface area contributed by atoms with Crippen LogP contribution in [-0.2, 0) is 4.74 Å². The summed E-state index contributed by atoms with van der Waals surface area (Å²) in [4.78, 5) is 7.16. The molecule has 0 aromatic rings. The molecule has 2 saturated heterocycles. The van der Waals surface area contributed by atoms with Gasteiger partial charge in [-0.15, -0.1) is 0 Å². The topological polar surface area (TPSA) is 48.9 Å². The molecule has 0 spiro atoms. The van der Waals surface area contributed by atoms with Gasteiger partial charge in [-0.05, 0) is 51.1 Å². The largest absolute Gasteiger partial charge is 0.381 e. The normalized spacial score (nSPS) is 24.9. The van der Waals surface area contributed by atoms with E-state index in [9.17, 15) is 0 Å². The first-order valence-electron chi connectivity index (χ1n) is 11.1. The lowest BCUT2D eigenvalue weighted by Crippen LogP contribution is -2.58. The zero-order valence-electron chi connectivity index (χ0n) is 16.9. The van der Waals surface area contributed by atoms with Gasteiger partial charge < -0.3 is 15.4 Å². The van der Waals surface area contributed by atoms with Crippen molar-refractivity contribution in [3.8, 4) is 0 Å².